The lowest BCUT2D eigenvalue weighted by atomic mass is 10.1. The number of hydrogen-bond acceptors (Lipinski definition) is 5. The molecule has 0 bridgehead atoms. The van der Waals surface area contributed by atoms with Gasteiger partial charge in [-0.2, -0.15) is 0 Å². The van der Waals surface area contributed by atoms with Gasteiger partial charge in [-0.1, -0.05) is 6.07 Å². The highest BCUT2D eigenvalue weighted by Crippen LogP contribution is 2.27. The molecule has 0 amide bonds. The fourth-order valence-electron chi connectivity index (χ4n) is 1.79. The largest absolute Gasteiger partial charge is 0.493 e. The molecule has 5 heteroatoms. The van der Waals surface area contributed by atoms with E-state index in [9.17, 15) is 5.11 Å². The van der Waals surface area contributed by atoms with Gasteiger partial charge in [-0.05, 0) is 30.7 Å². The number of hydrogen-bond donors (Lipinski definition) is 2. The van der Waals surface area contributed by atoms with Crippen LogP contribution in [0.4, 0.5) is 0 Å². The van der Waals surface area contributed by atoms with Gasteiger partial charge in [-0.3, -0.25) is 0 Å². The van der Waals surface area contributed by atoms with Gasteiger partial charge >= 0.3 is 0 Å². The normalized spacial score (nSPS) is 12.2. The lowest BCUT2D eigenvalue weighted by molar-refractivity contribution is 0.0648. The Bertz CT molecular complexity index is 370. The molecule has 1 aromatic rings. The summed E-state index contributed by atoms with van der Waals surface area (Å²) in [5.41, 5.74) is 1.16. The summed E-state index contributed by atoms with van der Waals surface area (Å²) in [6, 6.07) is 5.87. The SMILES string of the molecule is COC[C@H](O)CNCCc1ccc(OC)c(OC)c1. The minimum absolute atomic E-state index is 0.351. The number of aliphatic hydroxyl groups excluding tert-OH is 1. The van der Waals surface area contributed by atoms with Crippen LogP contribution in [-0.2, 0) is 11.2 Å². The molecule has 19 heavy (non-hydrogen) atoms. The Morgan fingerprint density at radius 3 is 2.53 bits per heavy atom. The van der Waals surface area contributed by atoms with Gasteiger partial charge in [0.1, 0.15) is 0 Å². The molecule has 1 atom stereocenters. The second-order valence-electron chi connectivity index (χ2n) is 4.25. The molecule has 0 spiro atoms. The second-order valence-corrected chi connectivity index (χ2v) is 4.25. The van der Waals surface area contributed by atoms with Crippen LogP contribution in [0.1, 0.15) is 5.56 Å². The summed E-state index contributed by atoms with van der Waals surface area (Å²) in [4.78, 5) is 0. The molecule has 0 aliphatic heterocycles. The molecule has 0 saturated carbocycles. The van der Waals surface area contributed by atoms with Crippen molar-refractivity contribution < 1.29 is 19.3 Å². The van der Waals surface area contributed by atoms with Crippen LogP contribution in [0.3, 0.4) is 0 Å². The van der Waals surface area contributed by atoms with Gasteiger partial charge in [0, 0.05) is 13.7 Å². The molecule has 5 nitrogen and oxygen atoms in total. The monoisotopic (exact) mass is 269 g/mol. The Kier molecular flexibility index (Phi) is 7.25. The van der Waals surface area contributed by atoms with Gasteiger partial charge in [0.15, 0.2) is 11.5 Å². The smallest absolute Gasteiger partial charge is 0.160 e. The summed E-state index contributed by atoms with van der Waals surface area (Å²) in [5, 5.41) is 12.7. The van der Waals surface area contributed by atoms with E-state index in [1.807, 2.05) is 18.2 Å². The first-order valence-corrected chi connectivity index (χ1v) is 6.30. The van der Waals surface area contributed by atoms with E-state index in [0.29, 0.717) is 13.2 Å². The zero-order chi connectivity index (χ0) is 14.1. The Balaban J connectivity index is 2.37. The molecule has 1 aromatic carbocycles. The zero-order valence-electron chi connectivity index (χ0n) is 11.8. The first-order valence-electron chi connectivity index (χ1n) is 6.30. The molecule has 0 saturated heterocycles. The Labute approximate surface area is 114 Å². The Morgan fingerprint density at radius 2 is 1.89 bits per heavy atom. The van der Waals surface area contributed by atoms with E-state index in [1.165, 1.54) is 0 Å². The number of aliphatic hydroxyl groups is 1. The maximum Gasteiger partial charge on any atom is 0.160 e. The summed E-state index contributed by atoms with van der Waals surface area (Å²) < 4.78 is 15.3. The first-order chi connectivity index (χ1) is 9.21. The molecular formula is C14H23NO4. The predicted octanol–water partition coefficient (Wildman–Crippen LogP) is 0.843. The lowest BCUT2D eigenvalue weighted by Crippen LogP contribution is -2.31. The van der Waals surface area contributed by atoms with Gasteiger partial charge in [-0.15, -0.1) is 0 Å². The van der Waals surface area contributed by atoms with Crippen molar-refractivity contribution in [3.63, 3.8) is 0 Å². The van der Waals surface area contributed by atoms with Crippen LogP contribution in [0, 0.1) is 0 Å². The molecule has 0 aliphatic rings. The zero-order valence-corrected chi connectivity index (χ0v) is 11.8. The lowest BCUT2D eigenvalue weighted by Gasteiger charge is -2.12. The summed E-state index contributed by atoms with van der Waals surface area (Å²) in [6.45, 7) is 1.67. The van der Waals surface area contributed by atoms with E-state index >= 15 is 0 Å². The predicted molar refractivity (Wildman–Crippen MR) is 74.0 cm³/mol. The summed E-state index contributed by atoms with van der Waals surface area (Å²) in [5.74, 6) is 1.47. The van der Waals surface area contributed by atoms with Gasteiger partial charge in [0.2, 0.25) is 0 Å². The average Bonchev–Trinajstić information content (AvgIpc) is 2.43. The maximum atomic E-state index is 9.47. The van der Waals surface area contributed by atoms with Gasteiger partial charge in [-0.25, -0.2) is 0 Å². The number of rotatable bonds is 9. The molecule has 0 radical (unpaired) electrons. The van der Waals surface area contributed by atoms with Gasteiger partial charge in [0.25, 0.3) is 0 Å². The Morgan fingerprint density at radius 1 is 1.16 bits per heavy atom. The minimum Gasteiger partial charge on any atom is -0.493 e. The van der Waals surface area contributed by atoms with Crippen molar-refractivity contribution in [1.82, 2.24) is 5.32 Å². The van der Waals surface area contributed by atoms with Crippen molar-refractivity contribution in [2.24, 2.45) is 0 Å². The van der Waals surface area contributed by atoms with E-state index in [1.54, 1.807) is 21.3 Å². The number of nitrogens with one attached hydrogen (secondary N) is 1. The topological polar surface area (TPSA) is 60.0 Å². The van der Waals surface area contributed by atoms with Crippen molar-refractivity contribution in [1.29, 1.82) is 0 Å². The van der Waals surface area contributed by atoms with E-state index in [2.05, 4.69) is 5.32 Å². The van der Waals surface area contributed by atoms with Crippen molar-refractivity contribution in [2.45, 2.75) is 12.5 Å². The number of ether oxygens (including phenoxy) is 3. The third kappa shape index (κ3) is 5.46. The Hall–Kier alpha value is -1.30. The summed E-state index contributed by atoms with van der Waals surface area (Å²) >= 11 is 0. The number of methoxy groups -OCH3 is 3. The highest BCUT2D eigenvalue weighted by Gasteiger charge is 2.05. The van der Waals surface area contributed by atoms with Crippen LogP contribution in [-0.4, -0.2) is 52.2 Å². The molecule has 0 heterocycles. The van der Waals surface area contributed by atoms with E-state index in [-0.39, 0.29) is 0 Å². The van der Waals surface area contributed by atoms with Gasteiger partial charge in [0.05, 0.1) is 26.9 Å². The molecule has 0 aromatic heterocycles. The van der Waals surface area contributed by atoms with Crippen LogP contribution >= 0.6 is 0 Å². The molecular weight excluding hydrogens is 246 g/mol. The third-order valence-electron chi connectivity index (χ3n) is 2.78. The highest BCUT2D eigenvalue weighted by atomic mass is 16.5. The van der Waals surface area contributed by atoms with Crippen LogP contribution in [0.25, 0.3) is 0 Å². The molecule has 0 aliphatic carbocycles. The van der Waals surface area contributed by atoms with Crippen molar-refractivity contribution in [3.05, 3.63) is 23.8 Å². The number of benzene rings is 1. The van der Waals surface area contributed by atoms with E-state index in [0.717, 1.165) is 30.0 Å². The van der Waals surface area contributed by atoms with Crippen LogP contribution in [0.15, 0.2) is 18.2 Å². The van der Waals surface area contributed by atoms with Crippen LogP contribution < -0.4 is 14.8 Å². The molecule has 1 rings (SSSR count). The summed E-state index contributed by atoms with van der Waals surface area (Å²) in [7, 11) is 4.82. The third-order valence-corrected chi connectivity index (χ3v) is 2.78. The summed E-state index contributed by atoms with van der Waals surface area (Å²) in [6.07, 6.45) is 0.399. The molecule has 108 valence electrons. The average molecular weight is 269 g/mol. The van der Waals surface area contributed by atoms with Crippen LogP contribution in [0.2, 0.25) is 0 Å². The van der Waals surface area contributed by atoms with Crippen molar-refractivity contribution in [2.75, 3.05) is 41.0 Å². The van der Waals surface area contributed by atoms with Crippen molar-refractivity contribution >= 4 is 0 Å². The van der Waals surface area contributed by atoms with Gasteiger partial charge < -0.3 is 24.6 Å². The van der Waals surface area contributed by atoms with Crippen LogP contribution in [0.5, 0.6) is 11.5 Å². The first kappa shape index (κ1) is 15.8. The highest BCUT2D eigenvalue weighted by molar-refractivity contribution is 5.42. The second kappa shape index (κ2) is 8.74. The standard InChI is InChI=1S/C14H23NO4/c1-17-10-12(16)9-15-7-6-11-4-5-13(18-2)14(8-11)19-3/h4-5,8,12,15-16H,6-7,9-10H2,1-3H3/t12-/m1/s1. The fourth-order valence-corrected chi connectivity index (χ4v) is 1.79. The maximum absolute atomic E-state index is 9.47. The fraction of sp³-hybridized carbons (Fsp3) is 0.571. The molecule has 2 N–H and O–H groups in total. The van der Waals surface area contributed by atoms with E-state index < -0.39 is 6.10 Å². The van der Waals surface area contributed by atoms with E-state index in [4.69, 9.17) is 14.2 Å². The molecule has 0 unspecified atom stereocenters. The quantitative estimate of drug-likeness (QED) is 0.651. The molecule has 0 fully saturated rings. The minimum atomic E-state index is -0.463. The van der Waals surface area contributed by atoms with Crippen molar-refractivity contribution in [3.8, 4) is 11.5 Å².